The second kappa shape index (κ2) is 14.6. The minimum Gasteiger partial charge on any atom is -0.366 e. The summed E-state index contributed by atoms with van der Waals surface area (Å²) >= 11 is 0. The van der Waals surface area contributed by atoms with Crippen LogP contribution < -0.4 is 0 Å². The molecule has 42 heavy (non-hydrogen) atoms. The van der Waals surface area contributed by atoms with Gasteiger partial charge >= 0.3 is 0 Å². The topological polar surface area (TPSA) is 65.4 Å². The van der Waals surface area contributed by atoms with Crippen molar-refractivity contribution >= 4 is 0 Å². The maximum atomic E-state index is 13.1. The molecule has 4 aromatic rings. The molecule has 8 heteroatoms. The summed E-state index contributed by atoms with van der Waals surface area (Å²) in [5.41, 5.74) is 4.08. The fourth-order valence-corrected chi connectivity index (χ4v) is 5.46. The lowest BCUT2D eigenvalue weighted by Crippen LogP contribution is -2.44. The Morgan fingerprint density at radius 3 is 1.26 bits per heavy atom. The number of morpholine rings is 2. The predicted octanol–water partition coefficient (Wildman–Crippen LogP) is 5.44. The molecule has 2 aliphatic heterocycles. The monoisotopic (exact) mass is 574 g/mol. The van der Waals surface area contributed by atoms with Crippen molar-refractivity contribution in [3.8, 4) is 0 Å². The minimum absolute atomic E-state index is 0.278. The number of halogens is 2. The summed E-state index contributed by atoms with van der Waals surface area (Å²) in [6.07, 6.45) is -1.79. The van der Waals surface area contributed by atoms with E-state index in [0.717, 1.165) is 37.3 Å². The molecule has 0 radical (unpaired) electrons. The average Bonchev–Trinajstić information content (AvgIpc) is 3.00. The zero-order valence-electron chi connectivity index (χ0n) is 23.3. The van der Waals surface area contributed by atoms with Crippen LogP contribution in [0.3, 0.4) is 0 Å². The standard InChI is InChI=1S/2C17H18FNO2/c2*18-15-8-6-14(7-9-15)16-17(20)21-11-10-19(16)12-13-4-2-1-3-5-13/h2*1-9,16-17,20H,10-12H2/t2*16-,17+/m10/s1. The number of ether oxygens (including phenoxy) is 2. The second-order valence-electron chi connectivity index (χ2n) is 10.4. The molecule has 4 aromatic carbocycles. The summed E-state index contributed by atoms with van der Waals surface area (Å²) in [7, 11) is 0. The third-order valence-electron chi connectivity index (χ3n) is 7.54. The number of rotatable bonds is 6. The Morgan fingerprint density at radius 2 is 0.905 bits per heavy atom. The van der Waals surface area contributed by atoms with Gasteiger partial charge in [-0.2, -0.15) is 0 Å². The molecule has 0 bridgehead atoms. The highest BCUT2D eigenvalue weighted by Crippen LogP contribution is 2.31. The fraction of sp³-hybridized carbons (Fsp3) is 0.294. The Morgan fingerprint density at radius 1 is 0.548 bits per heavy atom. The van der Waals surface area contributed by atoms with Gasteiger partial charge in [-0.1, -0.05) is 84.9 Å². The van der Waals surface area contributed by atoms with Gasteiger partial charge in [0.05, 0.1) is 25.3 Å². The summed E-state index contributed by atoms with van der Waals surface area (Å²) in [6, 6.07) is 32.1. The average molecular weight is 575 g/mol. The minimum atomic E-state index is -0.895. The number of benzene rings is 4. The number of aliphatic hydroxyl groups is 2. The van der Waals surface area contributed by atoms with Gasteiger partial charge in [0.15, 0.2) is 12.6 Å². The van der Waals surface area contributed by atoms with Gasteiger partial charge in [-0.25, -0.2) is 8.78 Å². The molecule has 6 rings (SSSR count). The third kappa shape index (κ3) is 7.86. The van der Waals surface area contributed by atoms with Crippen molar-refractivity contribution < 1.29 is 28.5 Å². The Kier molecular flexibility index (Phi) is 10.4. The van der Waals surface area contributed by atoms with E-state index in [1.807, 2.05) is 36.4 Å². The van der Waals surface area contributed by atoms with Gasteiger partial charge in [0.25, 0.3) is 0 Å². The highest BCUT2D eigenvalue weighted by molar-refractivity contribution is 5.24. The van der Waals surface area contributed by atoms with Crippen molar-refractivity contribution in [1.29, 1.82) is 0 Å². The van der Waals surface area contributed by atoms with Gasteiger partial charge in [0.1, 0.15) is 11.6 Å². The molecule has 0 saturated carbocycles. The molecular formula is C34H36F2N2O4. The van der Waals surface area contributed by atoms with E-state index in [4.69, 9.17) is 9.47 Å². The highest BCUT2D eigenvalue weighted by Gasteiger charge is 2.33. The van der Waals surface area contributed by atoms with E-state index >= 15 is 0 Å². The molecule has 2 aliphatic rings. The molecule has 2 saturated heterocycles. The van der Waals surface area contributed by atoms with Crippen molar-refractivity contribution in [2.24, 2.45) is 0 Å². The highest BCUT2D eigenvalue weighted by atomic mass is 19.1. The SMILES string of the molecule is O[C@@H]1OCCN(Cc2ccccc2)[C@H]1c1ccc(F)cc1.O[C@H]1OCCN(Cc2ccccc2)[C@@H]1c1ccc(F)cc1. The van der Waals surface area contributed by atoms with Crippen molar-refractivity contribution in [3.05, 3.63) is 143 Å². The number of hydrogen-bond acceptors (Lipinski definition) is 6. The Labute approximate surface area is 245 Å². The first kappa shape index (κ1) is 30.0. The second-order valence-corrected chi connectivity index (χ2v) is 10.4. The van der Waals surface area contributed by atoms with E-state index in [9.17, 15) is 19.0 Å². The number of nitrogens with zero attached hydrogens (tertiary/aromatic N) is 2. The lowest BCUT2D eigenvalue weighted by atomic mass is 10.0. The number of aliphatic hydroxyl groups excluding tert-OH is 2. The first-order valence-electron chi connectivity index (χ1n) is 14.1. The van der Waals surface area contributed by atoms with Crippen molar-refractivity contribution in [1.82, 2.24) is 9.80 Å². The van der Waals surface area contributed by atoms with Crippen LogP contribution in [0.25, 0.3) is 0 Å². The van der Waals surface area contributed by atoms with Crippen LogP contribution in [-0.4, -0.2) is 58.9 Å². The van der Waals surface area contributed by atoms with Gasteiger partial charge in [-0.05, 0) is 46.5 Å². The Hall–Kier alpha value is -3.50. The molecule has 4 atom stereocenters. The van der Waals surface area contributed by atoms with Crippen LogP contribution in [0.1, 0.15) is 34.3 Å². The summed E-state index contributed by atoms with van der Waals surface area (Å²) in [5, 5.41) is 20.4. The largest absolute Gasteiger partial charge is 0.366 e. The van der Waals surface area contributed by atoms with Gasteiger partial charge in [-0.3, -0.25) is 9.80 Å². The van der Waals surface area contributed by atoms with Crippen LogP contribution in [0.4, 0.5) is 8.78 Å². The number of hydrogen-bond donors (Lipinski definition) is 2. The molecule has 0 aromatic heterocycles. The Bertz CT molecular complexity index is 1250. The summed E-state index contributed by atoms with van der Waals surface area (Å²) < 4.78 is 36.9. The fourth-order valence-electron chi connectivity index (χ4n) is 5.46. The smallest absolute Gasteiger partial charge is 0.174 e. The van der Waals surface area contributed by atoms with Crippen molar-refractivity contribution in [3.63, 3.8) is 0 Å². The molecule has 6 nitrogen and oxygen atoms in total. The van der Waals surface area contributed by atoms with Crippen LogP contribution in [0.2, 0.25) is 0 Å². The molecule has 0 unspecified atom stereocenters. The lowest BCUT2D eigenvalue weighted by molar-refractivity contribution is -0.184. The van der Waals surface area contributed by atoms with Crippen LogP contribution in [0.15, 0.2) is 109 Å². The van der Waals surface area contributed by atoms with E-state index in [0.29, 0.717) is 13.2 Å². The van der Waals surface area contributed by atoms with E-state index in [1.165, 1.54) is 35.4 Å². The summed E-state index contributed by atoms with van der Waals surface area (Å²) in [4.78, 5) is 4.33. The van der Waals surface area contributed by atoms with Crippen LogP contribution in [-0.2, 0) is 22.6 Å². The quantitative estimate of drug-likeness (QED) is 0.320. The Balaban J connectivity index is 0.000000168. The maximum absolute atomic E-state index is 13.1. The van der Waals surface area contributed by atoms with Crippen LogP contribution in [0.5, 0.6) is 0 Å². The van der Waals surface area contributed by atoms with Crippen LogP contribution >= 0.6 is 0 Å². The first-order valence-corrected chi connectivity index (χ1v) is 14.1. The van der Waals surface area contributed by atoms with Gasteiger partial charge in [-0.15, -0.1) is 0 Å². The molecular weight excluding hydrogens is 538 g/mol. The van der Waals surface area contributed by atoms with E-state index in [1.54, 1.807) is 24.3 Å². The molecule has 2 N–H and O–H groups in total. The normalized spacial score (nSPS) is 23.1. The molecule has 0 spiro atoms. The molecule has 0 aliphatic carbocycles. The molecule has 2 fully saturated rings. The van der Waals surface area contributed by atoms with E-state index < -0.39 is 12.6 Å². The summed E-state index contributed by atoms with van der Waals surface area (Å²) in [6.45, 7) is 3.89. The van der Waals surface area contributed by atoms with E-state index in [2.05, 4.69) is 34.1 Å². The zero-order valence-corrected chi connectivity index (χ0v) is 23.3. The van der Waals surface area contributed by atoms with E-state index in [-0.39, 0.29) is 23.7 Å². The van der Waals surface area contributed by atoms with Gasteiger partial charge < -0.3 is 19.7 Å². The van der Waals surface area contributed by atoms with Crippen LogP contribution in [0, 0.1) is 11.6 Å². The summed E-state index contributed by atoms with van der Waals surface area (Å²) in [5.74, 6) is -0.556. The van der Waals surface area contributed by atoms with Gasteiger partial charge in [0.2, 0.25) is 0 Å². The zero-order chi connectivity index (χ0) is 29.3. The van der Waals surface area contributed by atoms with Gasteiger partial charge in [0, 0.05) is 26.2 Å². The molecule has 0 amide bonds. The predicted molar refractivity (Wildman–Crippen MR) is 156 cm³/mol. The van der Waals surface area contributed by atoms with Crippen molar-refractivity contribution in [2.75, 3.05) is 26.3 Å². The first-order chi connectivity index (χ1) is 20.5. The molecule has 2 heterocycles. The third-order valence-corrected chi connectivity index (χ3v) is 7.54. The maximum Gasteiger partial charge on any atom is 0.174 e. The molecule has 220 valence electrons. The van der Waals surface area contributed by atoms with Crippen molar-refractivity contribution in [2.45, 2.75) is 37.8 Å². The lowest BCUT2D eigenvalue weighted by Gasteiger charge is -2.39.